The van der Waals surface area contributed by atoms with E-state index in [1.54, 1.807) is 11.9 Å². The zero-order chi connectivity index (χ0) is 20.5. The van der Waals surface area contributed by atoms with Gasteiger partial charge in [-0.15, -0.1) is 0 Å². The van der Waals surface area contributed by atoms with E-state index in [9.17, 15) is 4.79 Å². The number of carbonyl (C=O) groups is 1. The second kappa shape index (κ2) is 7.75. The van der Waals surface area contributed by atoms with E-state index in [1.807, 2.05) is 53.2 Å². The van der Waals surface area contributed by atoms with Crippen LogP contribution in [-0.2, 0) is 24.8 Å². The van der Waals surface area contributed by atoms with Crippen LogP contribution < -0.4 is 11.2 Å². The van der Waals surface area contributed by atoms with E-state index in [2.05, 4.69) is 17.0 Å². The maximum atomic E-state index is 11.8. The van der Waals surface area contributed by atoms with Gasteiger partial charge in [0.25, 0.3) is 0 Å². The van der Waals surface area contributed by atoms with Gasteiger partial charge in [0.05, 0.1) is 6.54 Å². The van der Waals surface area contributed by atoms with Crippen molar-refractivity contribution in [1.29, 1.82) is 0 Å². The zero-order valence-corrected chi connectivity index (χ0v) is 17.1. The van der Waals surface area contributed by atoms with E-state index >= 15 is 0 Å². The van der Waals surface area contributed by atoms with Gasteiger partial charge in [-0.25, -0.2) is 5.84 Å². The molecule has 1 aliphatic carbocycles. The second-order valence-electron chi connectivity index (χ2n) is 7.76. The van der Waals surface area contributed by atoms with Gasteiger partial charge >= 0.3 is 0 Å². The molecule has 3 N–H and O–H groups in total. The van der Waals surface area contributed by atoms with E-state index in [0.717, 1.165) is 54.0 Å². The van der Waals surface area contributed by atoms with Crippen LogP contribution in [0, 0.1) is 0 Å². The van der Waals surface area contributed by atoms with Crippen LogP contribution in [0.25, 0.3) is 5.57 Å². The van der Waals surface area contributed by atoms with Gasteiger partial charge in [-0.2, -0.15) is 5.10 Å². The first kappa shape index (κ1) is 19.3. The van der Waals surface area contributed by atoms with E-state index in [4.69, 9.17) is 5.84 Å². The van der Waals surface area contributed by atoms with Crippen molar-refractivity contribution in [3.05, 3.63) is 59.9 Å². The second-order valence-corrected chi connectivity index (χ2v) is 7.76. The molecular weight excluding hydrogens is 364 g/mol. The molecule has 1 saturated carbocycles. The van der Waals surface area contributed by atoms with E-state index in [-0.39, 0.29) is 5.91 Å². The Morgan fingerprint density at radius 1 is 1.34 bits per heavy atom. The van der Waals surface area contributed by atoms with Crippen LogP contribution in [0.5, 0.6) is 0 Å². The van der Waals surface area contributed by atoms with Gasteiger partial charge in [-0.05, 0) is 36.1 Å². The summed E-state index contributed by atoms with van der Waals surface area (Å²) in [5, 5.41) is 9.83. The number of rotatable bonds is 6. The molecule has 0 saturated heterocycles. The smallest absolute Gasteiger partial charge is 0.219 e. The van der Waals surface area contributed by atoms with Crippen molar-refractivity contribution in [2.45, 2.75) is 38.8 Å². The van der Waals surface area contributed by atoms with Crippen molar-refractivity contribution < 1.29 is 4.79 Å². The topological polar surface area (TPSA) is 79.4 Å². The van der Waals surface area contributed by atoms with Gasteiger partial charge < -0.3 is 15.2 Å². The normalized spacial score (nSPS) is 16.4. The predicted octanol–water partition coefficient (Wildman–Crippen LogP) is 2.93. The highest BCUT2D eigenvalue weighted by Gasteiger charge is 2.26. The van der Waals surface area contributed by atoms with Crippen molar-refractivity contribution in [2.24, 2.45) is 12.9 Å². The van der Waals surface area contributed by atoms with Crippen molar-refractivity contribution in [2.75, 3.05) is 11.9 Å². The molecule has 0 spiro atoms. The first-order valence-electron chi connectivity index (χ1n) is 10.0. The molecule has 4 rings (SSSR count). The summed E-state index contributed by atoms with van der Waals surface area (Å²) in [7, 11) is 1.95. The standard InChI is InChI=1S/C22H28N6O/c1-4-16(13-28(23)19-9-10-19)17-5-7-18(8-6-17)24-22-20-14-27(15(2)29)12-11-21(20)26(3)25-22/h4-8,13,19H,1,9-12,14,23H2,2-3H3,(H,24,25)/b16-13+. The van der Waals surface area contributed by atoms with Crippen LogP contribution in [0.15, 0.2) is 43.1 Å². The Balaban J connectivity index is 1.52. The lowest BCUT2D eigenvalue weighted by Crippen LogP contribution is -2.34. The van der Waals surface area contributed by atoms with Crippen LogP contribution in [0.4, 0.5) is 11.5 Å². The highest BCUT2D eigenvalue weighted by Crippen LogP contribution is 2.29. The Labute approximate surface area is 171 Å². The minimum absolute atomic E-state index is 0.0960. The maximum absolute atomic E-state index is 11.8. The lowest BCUT2D eigenvalue weighted by atomic mass is 10.1. The molecule has 1 amide bonds. The zero-order valence-electron chi connectivity index (χ0n) is 17.1. The van der Waals surface area contributed by atoms with E-state index in [0.29, 0.717) is 12.6 Å². The minimum Gasteiger partial charge on any atom is -0.338 e. The van der Waals surface area contributed by atoms with Gasteiger partial charge in [0.15, 0.2) is 5.82 Å². The summed E-state index contributed by atoms with van der Waals surface area (Å²) in [5.41, 5.74) is 5.28. The molecule has 2 aromatic rings. The summed E-state index contributed by atoms with van der Waals surface area (Å²) >= 11 is 0. The molecule has 1 aromatic carbocycles. The molecule has 1 fully saturated rings. The van der Waals surface area contributed by atoms with Gasteiger partial charge in [0.1, 0.15) is 0 Å². The number of aromatic nitrogens is 2. The van der Waals surface area contributed by atoms with Crippen LogP contribution in [0.1, 0.15) is 36.6 Å². The van der Waals surface area contributed by atoms with Crippen molar-refractivity contribution in [3.8, 4) is 0 Å². The molecule has 29 heavy (non-hydrogen) atoms. The number of nitrogens with zero attached hydrogens (tertiary/aromatic N) is 4. The molecule has 1 aliphatic heterocycles. The number of allylic oxidation sites excluding steroid dienone is 2. The molecule has 0 atom stereocenters. The Hall–Kier alpha value is -3.06. The average Bonchev–Trinajstić information content (AvgIpc) is 3.52. The quantitative estimate of drug-likeness (QED) is 0.449. The highest BCUT2D eigenvalue weighted by molar-refractivity contribution is 5.76. The van der Waals surface area contributed by atoms with Gasteiger partial charge in [0.2, 0.25) is 5.91 Å². The monoisotopic (exact) mass is 392 g/mol. The molecule has 7 nitrogen and oxygen atoms in total. The van der Waals surface area contributed by atoms with Crippen molar-refractivity contribution in [3.63, 3.8) is 0 Å². The first-order chi connectivity index (χ1) is 14.0. The lowest BCUT2D eigenvalue weighted by molar-refractivity contribution is -0.129. The molecule has 1 aromatic heterocycles. The SMILES string of the molecule is C=C/C(=C\N(N)C1CC1)c1ccc(Nc2nn(C)c3c2CN(C(C)=O)CC3)cc1. The number of anilines is 2. The van der Waals surface area contributed by atoms with Gasteiger partial charge in [0, 0.05) is 56.1 Å². The Morgan fingerprint density at radius 2 is 2.07 bits per heavy atom. The summed E-state index contributed by atoms with van der Waals surface area (Å²) in [6.07, 6.45) is 6.91. The van der Waals surface area contributed by atoms with Crippen molar-refractivity contribution >= 4 is 23.0 Å². The fourth-order valence-corrected chi connectivity index (χ4v) is 3.73. The number of nitrogens with two attached hydrogens (primary N) is 1. The number of nitrogens with one attached hydrogen (secondary N) is 1. The maximum Gasteiger partial charge on any atom is 0.219 e. The van der Waals surface area contributed by atoms with Crippen LogP contribution in [-0.4, -0.2) is 38.2 Å². The van der Waals surface area contributed by atoms with Crippen molar-refractivity contribution in [1.82, 2.24) is 19.7 Å². The molecule has 2 aliphatic rings. The largest absolute Gasteiger partial charge is 0.338 e. The Bertz CT molecular complexity index is 954. The lowest BCUT2D eigenvalue weighted by Gasteiger charge is -2.26. The number of hydrogen-bond donors (Lipinski definition) is 2. The Kier molecular flexibility index (Phi) is 5.15. The number of carbonyl (C=O) groups excluding carboxylic acids is 1. The van der Waals surface area contributed by atoms with E-state index in [1.165, 1.54) is 5.69 Å². The fourth-order valence-electron chi connectivity index (χ4n) is 3.73. The first-order valence-corrected chi connectivity index (χ1v) is 10.0. The minimum atomic E-state index is 0.0960. The summed E-state index contributed by atoms with van der Waals surface area (Å²) in [6, 6.07) is 8.60. The molecular formula is C22H28N6O. The van der Waals surface area contributed by atoms with Crippen LogP contribution in [0.2, 0.25) is 0 Å². The van der Waals surface area contributed by atoms with Gasteiger partial charge in [-0.3, -0.25) is 9.48 Å². The number of hydrogen-bond acceptors (Lipinski definition) is 5. The summed E-state index contributed by atoms with van der Waals surface area (Å²) < 4.78 is 1.91. The third kappa shape index (κ3) is 4.05. The summed E-state index contributed by atoms with van der Waals surface area (Å²) in [6.45, 7) is 6.87. The third-order valence-electron chi connectivity index (χ3n) is 5.65. The number of aryl methyl sites for hydroxylation is 1. The predicted molar refractivity (Wildman–Crippen MR) is 115 cm³/mol. The van der Waals surface area contributed by atoms with Crippen LogP contribution >= 0.6 is 0 Å². The van der Waals surface area contributed by atoms with Crippen LogP contribution in [0.3, 0.4) is 0 Å². The molecule has 2 heterocycles. The number of benzene rings is 1. The molecule has 7 heteroatoms. The number of hydrazine groups is 1. The molecule has 0 radical (unpaired) electrons. The van der Waals surface area contributed by atoms with Gasteiger partial charge in [-0.1, -0.05) is 24.8 Å². The number of fused-ring (bicyclic) bond motifs is 1. The molecule has 152 valence electrons. The summed E-state index contributed by atoms with van der Waals surface area (Å²) in [5.74, 6) is 6.99. The number of amides is 1. The fraction of sp³-hybridized carbons (Fsp3) is 0.364. The summed E-state index contributed by atoms with van der Waals surface area (Å²) in [4.78, 5) is 13.6. The average molecular weight is 393 g/mol. The molecule has 0 unspecified atom stereocenters. The highest BCUT2D eigenvalue weighted by atomic mass is 16.2. The molecule has 0 bridgehead atoms. The third-order valence-corrected chi connectivity index (χ3v) is 5.65. The van der Waals surface area contributed by atoms with E-state index < -0.39 is 0 Å². The Morgan fingerprint density at radius 3 is 2.69 bits per heavy atom.